The number of benzene rings is 3. The molecule has 1 N–H and O–H groups in total. The van der Waals surface area contributed by atoms with Gasteiger partial charge in [0.2, 0.25) is 11.8 Å². The summed E-state index contributed by atoms with van der Waals surface area (Å²) in [7, 11) is -1.62. The van der Waals surface area contributed by atoms with Gasteiger partial charge in [0.15, 0.2) is 0 Å². The van der Waals surface area contributed by atoms with Crippen molar-refractivity contribution in [1.82, 2.24) is 10.2 Å². The quantitative estimate of drug-likeness (QED) is 0.401. The molecule has 0 saturated carbocycles. The smallest absolute Gasteiger partial charge is 0.416 e. The van der Waals surface area contributed by atoms with Crippen LogP contribution in [0.15, 0.2) is 83.8 Å². The number of halogens is 3. The predicted octanol–water partition coefficient (Wildman–Crippen LogP) is 4.07. The first-order valence-electron chi connectivity index (χ1n) is 11.8. The van der Waals surface area contributed by atoms with Crippen molar-refractivity contribution < 1.29 is 35.9 Å². The molecular weight excluding hydrogens is 535 g/mol. The number of hydrogen-bond acceptors (Lipinski definition) is 5. The Morgan fingerprint density at radius 3 is 2.26 bits per heavy atom. The Bertz CT molecular complexity index is 1420. The zero-order valence-electron chi connectivity index (χ0n) is 21.5. The second-order valence-corrected chi connectivity index (χ2v) is 10.4. The van der Waals surface area contributed by atoms with Crippen LogP contribution in [0.3, 0.4) is 0 Å². The van der Waals surface area contributed by atoms with Crippen LogP contribution in [0, 0.1) is 0 Å². The molecule has 0 aliphatic carbocycles. The van der Waals surface area contributed by atoms with E-state index in [4.69, 9.17) is 4.74 Å². The number of hydrogen-bond donors (Lipinski definition) is 1. The maximum atomic E-state index is 13.7. The van der Waals surface area contributed by atoms with Crippen molar-refractivity contribution in [3.8, 4) is 5.75 Å². The molecule has 0 radical (unpaired) electrons. The molecule has 3 rings (SSSR count). The van der Waals surface area contributed by atoms with E-state index in [1.807, 2.05) is 0 Å². The standard InChI is InChI=1S/C27H28F3N3O5S/c1-19(26(35)31-2)32(17-20-9-7-12-23(15-20)38-3)25(34)18-33(39(36,37)24-13-5-4-6-14-24)22-11-8-10-21(16-22)27(28,29)30/h4-16,19H,17-18H2,1-3H3,(H,31,35)/t19-/m1/s1. The molecule has 0 unspecified atom stereocenters. The van der Waals surface area contributed by atoms with E-state index in [0.29, 0.717) is 21.7 Å². The third kappa shape index (κ3) is 7.08. The Morgan fingerprint density at radius 1 is 0.974 bits per heavy atom. The largest absolute Gasteiger partial charge is 0.497 e. The Kier molecular flexibility index (Phi) is 9.23. The molecule has 0 saturated heterocycles. The monoisotopic (exact) mass is 563 g/mol. The van der Waals surface area contributed by atoms with E-state index in [-0.39, 0.29) is 17.1 Å². The lowest BCUT2D eigenvalue weighted by Crippen LogP contribution is -2.50. The van der Waals surface area contributed by atoms with Gasteiger partial charge in [0.25, 0.3) is 10.0 Å². The second-order valence-electron chi connectivity index (χ2n) is 8.54. The van der Waals surface area contributed by atoms with Crippen LogP contribution in [0.4, 0.5) is 18.9 Å². The van der Waals surface area contributed by atoms with Gasteiger partial charge in [-0.05, 0) is 55.0 Å². The van der Waals surface area contributed by atoms with Gasteiger partial charge in [0, 0.05) is 13.6 Å². The SMILES string of the molecule is CNC(=O)[C@@H](C)N(Cc1cccc(OC)c1)C(=O)CN(c1cccc(C(F)(F)F)c1)S(=O)(=O)c1ccccc1. The molecule has 208 valence electrons. The lowest BCUT2D eigenvalue weighted by molar-refractivity contribution is -0.139. The third-order valence-corrected chi connectivity index (χ3v) is 7.76. The number of amides is 2. The number of nitrogens with one attached hydrogen (secondary N) is 1. The van der Waals surface area contributed by atoms with E-state index in [1.54, 1.807) is 30.3 Å². The minimum absolute atomic E-state index is 0.0908. The maximum absolute atomic E-state index is 13.7. The molecule has 0 fully saturated rings. The molecule has 3 aromatic rings. The van der Waals surface area contributed by atoms with Crippen LogP contribution in [-0.2, 0) is 32.3 Å². The lowest BCUT2D eigenvalue weighted by Gasteiger charge is -2.32. The number of likely N-dealkylation sites (N-methyl/N-ethyl adjacent to an activating group) is 1. The summed E-state index contributed by atoms with van der Waals surface area (Å²) in [6.07, 6.45) is -4.74. The van der Waals surface area contributed by atoms with Crippen LogP contribution < -0.4 is 14.4 Å². The Labute approximate surface area is 225 Å². The molecule has 0 aliphatic heterocycles. The molecule has 8 nitrogen and oxygen atoms in total. The Hall–Kier alpha value is -4.06. The van der Waals surface area contributed by atoms with E-state index in [2.05, 4.69) is 5.32 Å². The van der Waals surface area contributed by atoms with Gasteiger partial charge in [-0.2, -0.15) is 13.2 Å². The number of alkyl halides is 3. The number of carbonyl (C=O) groups is 2. The predicted molar refractivity (Wildman–Crippen MR) is 139 cm³/mol. The number of sulfonamides is 1. The zero-order valence-corrected chi connectivity index (χ0v) is 22.3. The third-order valence-electron chi connectivity index (χ3n) is 5.97. The summed E-state index contributed by atoms with van der Waals surface area (Å²) in [5, 5.41) is 2.46. The summed E-state index contributed by atoms with van der Waals surface area (Å²) in [5.41, 5.74) is -0.835. The van der Waals surface area contributed by atoms with Crippen molar-refractivity contribution in [2.24, 2.45) is 0 Å². The summed E-state index contributed by atoms with van der Waals surface area (Å²) in [6.45, 7) is 0.521. The van der Waals surface area contributed by atoms with Crippen LogP contribution in [0.1, 0.15) is 18.1 Å². The maximum Gasteiger partial charge on any atom is 0.416 e. The minimum atomic E-state index is -4.74. The molecule has 39 heavy (non-hydrogen) atoms. The summed E-state index contributed by atoms with van der Waals surface area (Å²) in [4.78, 5) is 27.2. The molecule has 0 aliphatic rings. The van der Waals surface area contributed by atoms with Crippen molar-refractivity contribution >= 4 is 27.5 Å². The van der Waals surface area contributed by atoms with Gasteiger partial charge in [-0.15, -0.1) is 0 Å². The van der Waals surface area contributed by atoms with Crippen molar-refractivity contribution in [1.29, 1.82) is 0 Å². The number of nitrogens with zero attached hydrogens (tertiary/aromatic N) is 2. The molecule has 0 heterocycles. The van der Waals surface area contributed by atoms with Crippen molar-refractivity contribution in [3.05, 3.63) is 90.0 Å². The Morgan fingerprint density at radius 2 is 1.64 bits per heavy atom. The van der Waals surface area contributed by atoms with Crippen molar-refractivity contribution in [2.45, 2.75) is 30.6 Å². The van der Waals surface area contributed by atoms with Gasteiger partial charge < -0.3 is 15.0 Å². The second kappa shape index (κ2) is 12.2. The highest BCUT2D eigenvalue weighted by atomic mass is 32.2. The average molecular weight is 564 g/mol. The first-order chi connectivity index (χ1) is 18.4. The van der Waals surface area contributed by atoms with Crippen LogP contribution in [0.25, 0.3) is 0 Å². The van der Waals surface area contributed by atoms with Gasteiger partial charge in [-0.3, -0.25) is 13.9 Å². The van der Waals surface area contributed by atoms with E-state index >= 15 is 0 Å². The lowest BCUT2D eigenvalue weighted by atomic mass is 10.1. The molecule has 12 heteroatoms. The fourth-order valence-corrected chi connectivity index (χ4v) is 5.27. The fraction of sp³-hybridized carbons (Fsp3) is 0.259. The molecule has 3 aromatic carbocycles. The highest BCUT2D eigenvalue weighted by Crippen LogP contribution is 2.33. The summed E-state index contributed by atoms with van der Waals surface area (Å²) in [5.74, 6) is -0.807. The van der Waals surface area contributed by atoms with Crippen LogP contribution in [0.2, 0.25) is 0 Å². The van der Waals surface area contributed by atoms with E-state index in [0.717, 1.165) is 17.0 Å². The first kappa shape index (κ1) is 29.5. The summed E-state index contributed by atoms with van der Waals surface area (Å²) < 4.78 is 73.5. The Balaban J connectivity index is 2.08. The van der Waals surface area contributed by atoms with Crippen molar-refractivity contribution in [3.63, 3.8) is 0 Å². The number of carbonyl (C=O) groups excluding carboxylic acids is 2. The molecule has 2 amide bonds. The first-order valence-corrected chi connectivity index (χ1v) is 13.2. The van der Waals surface area contributed by atoms with Crippen LogP contribution >= 0.6 is 0 Å². The van der Waals surface area contributed by atoms with Gasteiger partial charge >= 0.3 is 6.18 Å². The van der Waals surface area contributed by atoms with E-state index in [9.17, 15) is 31.2 Å². The highest BCUT2D eigenvalue weighted by Gasteiger charge is 2.35. The zero-order chi connectivity index (χ0) is 28.8. The van der Waals surface area contributed by atoms with E-state index < -0.39 is 46.2 Å². The number of ether oxygens (including phenoxy) is 1. The topological polar surface area (TPSA) is 96.0 Å². The number of methoxy groups -OCH3 is 1. The fourth-order valence-electron chi connectivity index (χ4n) is 3.84. The molecule has 0 spiro atoms. The summed E-state index contributed by atoms with van der Waals surface area (Å²) in [6, 6.07) is 16.5. The molecular formula is C27H28F3N3O5S. The molecule has 0 aromatic heterocycles. The van der Waals surface area contributed by atoms with Crippen LogP contribution in [0.5, 0.6) is 5.75 Å². The summed E-state index contributed by atoms with van der Waals surface area (Å²) >= 11 is 0. The van der Waals surface area contributed by atoms with Gasteiger partial charge in [0.05, 0.1) is 23.3 Å². The minimum Gasteiger partial charge on any atom is -0.497 e. The van der Waals surface area contributed by atoms with Gasteiger partial charge in [0.1, 0.15) is 18.3 Å². The molecule has 0 bridgehead atoms. The molecule has 1 atom stereocenters. The van der Waals surface area contributed by atoms with Gasteiger partial charge in [-0.1, -0.05) is 36.4 Å². The number of anilines is 1. The van der Waals surface area contributed by atoms with Crippen molar-refractivity contribution in [2.75, 3.05) is 25.0 Å². The normalized spacial score (nSPS) is 12.4. The number of rotatable bonds is 10. The highest BCUT2D eigenvalue weighted by molar-refractivity contribution is 7.92. The van der Waals surface area contributed by atoms with Gasteiger partial charge in [-0.25, -0.2) is 8.42 Å². The van der Waals surface area contributed by atoms with E-state index in [1.165, 1.54) is 51.4 Å². The average Bonchev–Trinajstić information content (AvgIpc) is 2.93. The van der Waals surface area contributed by atoms with Crippen LogP contribution in [-0.4, -0.2) is 51.9 Å².